The topological polar surface area (TPSA) is 46.6 Å². The Morgan fingerprint density at radius 3 is 2.65 bits per heavy atom. The quantitative estimate of drug-likeness (QED) is 0.830. The number of carbonyl (C=O) groups is 2. The normalized spacial score (nSPS) is 23.1. The van der Waals surface area contributed by atoms with Crippen LogP contribution in [0.4, 0.5) is 4.79 Å². The minimum atomic E-state index is -0.478. The maximum atomic E-state index is 12.8. The van der Waals surface area contributed by atoms with Crippen molar-refractivity contribution in [2.75, 3.05) is 6.61 Å². The molecular weight excluding hydrogens is 290 g/mol. The summed E-state index contributed by atoms with van der Waals surface area (Å²) in [5.41, 5.74) is 1.12. The van der Waals surface area contributed by atoms with E-state index in [4.69, 9.17) is 4.74 Å². The van der Waals surface area contributed by atoms with E-state index in [1.807, 2.05) is 37.3 Å². The number of benzene rings is 1. The maximum absolute atomic E-state index is 12.8. The molecule has 2 amide bonds. The van der Waals surface area contributed by atoms with Crippen LogP contribution in [0.2, 0.25) is 0 Å². The highest BCUT2D eigenvalue weighted by molar-refractivity contribution is 5.94. The Kier molecular flexibility index (Phi) is 4.99. The first-order chi connectivity index (χ1) is 11.1. The van der Waals surface area contributed by atoms with Crippen LogP contribution in [-0.4, -0.2) is 29.5 Å². The van der Waals surface area contributed by atoms with Gasteiger partial charge in [-0.25, -0.2) is 9.69 Å². The zero-order chi connectivity index (χ0) is 16.2. The van der Waals surface area contributed by atoms with E-state index < -0.39 is 6.09 Å². The average Bonchev–Trinajstić information content (AvgIpc) is 3.18. The molecule has 0 unspecified atom stereocenters. The average molecular weight is 315 g/mol. The number of nitrogens with zero attached hydrogens (tertiary/aromatic N) is 1. The van der Waals surface area contributed by atoms with E-state index in [2.05, 4.69) is 0 Å². The van der Waals surface area contributed by atoms with E-state index in [1.165, 1.54) is 30.6 Å². The predicted molar refractivity (Wildman–Crippen MR) is 87.9 cm³/mol. The first kappa shape index (κ1) is 16.0. The lowest BCUT2D eigenvalue weighted by atomic mass is 9.93. The third-order valence-electron chi connectivity index (χ3n) is 5.10. The van der Waals surface area contributed by atoms with Gasteiger partial charge in [0.1, 0.15) is 6.61 Å². The number of imide groups is 1. The van der Waals surface area contributed by atoms with Crippen LogP contribution in [0.3, 0.4) is 0 Å². The fourth-order valence-corrected chi connectivity index (χ4v) is 3.85. The monoisotopic (exact) mass is 315 g/mol. The molecule has 0 radical (unpaired) electrons. The van der Waals surface area contributed by atoms with Crippen molar-refractivity contribution in [2.45, 2.75) is 51.5 Å². The summed E-state index contributed by atoms with van der Waals surface area (Å²) in [7, 11) is 0. The molecule has 1 aliphatic heterocycles. The van der Waals surface area contributed by atoms with Gasteiger partial charge in [0.15, 0.2) is 0 Å². The number of cyclic esters (lactones) is 1. The van der Waals surface area contributed by atoms with Gasteiger partial charge in [-0.3, -0.25) is 4.79 Å². The van der Waals surface area contributed by atoms with Crippen molar-refractivity contribution in [2.24, 2.45) is 11.8 Å². The number of hydrogen-bond donors (Lipinski definition) is 0. The van der Waals surface area contributed by atoms with Gasteiger partial charge in [-0.15, -0.1) is 0 Å². The maximum Gasteiger partial charge on any atom is 0.416 e. The van der Waals surface area contributed by atoms with Gasteiger partial charge in [0.25, 0.3) is 0 Å². The lowest BCUT2D eigenvalue weighted by molar-refractivity contribution is -0.133. The van der Waals surface area contributed by atoms with Crippen molar-refractivity contribution in [1.29, 1.82) is 0 Å². The highest BCUT2D eigenvalue weighted by Crippen LogP contribution is 2.31. The highest BCUT2D eigenvalue weighted by Gasteiger charge is 2.40. The van der Waals surface area contributed by atoms with Crippen LogP contribution in [-0.2, 0) is 16.0 Å². The molecule has 0 spiro atoms. The fourth-order valence-electron chi connectivity index (χ4n) is 3.85. The van der Waals surface area contributed by atoms with Crippen LogP contribution in [0.15, 0.2) is 30.3 Å². The predicted octanol–water partition coefficient (Wildman–Crippen LogP) is 3.79. The summed E-state index contributed by atoms with van der Waals surface area (Å²) in [6, 6.07) is 9.78. The van der Waals surface area contributed by atoms with Gasteiger partial charge in [-0.2, -0.15) is 0 Å². The van der Waals surface area contributed by atoms with Crippen LogP contribution in [0.1, 0.15) is 44.6 Å². The molecule has 23 heavy (non-hydrogen) atoms. The van der Waals surface area contributed by atoms with Crippen LogP contribution >= 0.6 is 0 Å². The minimum absolute atomic E-state index is 0.0691. The van der Waals surface area contributed by atoms with Crippen molar-refractivity contribution < 1.29 is 14.3 Å². The zero-order valence-corrected chi connectivity index (χ0v) is 13.7. The Morgan fingerprint density at radius 2 is 1.96 bits per heavy atom. The van der Waals surface area contributed by atoms with Crippen molar-refractivity contribution in [3.63, 3.8) is 0 Å². The largest absolute Gasteiger partial charge is 0.447 e. The lowest BCUT2D eigenvalue weighted by Crippen LogP contribution is -2.43. The van der Waals surface area contributed by atoms with Gasteiger partial charge in [-0.1, -0.05) is 62.9 Å². The summed E-state index contributed by atoms with van der Waals surface area (Å²) in [5, 5.41) is 0. The van der Waals surface area contributed by atoms with Gasteiger partial charge in [0.05, 0.1) is 6.04 Å². The Morgan fingerprint density at radius 1 is 1.26 bits per heavy atom. The second kappa shape index (κ2) is 7.16. The molecule has 2 fully saturated rings. The number of hydrogen-bond acceptors (Lipinski definition) is 3. The highest BCUT2D eigenvalue weighted by atomic mass is 16.6. The van der Waals surface area contributed by atoms with Crippen molar-refractivity contribution in [1.82, 2.24) is 4.90 Å². The summed E-state index contributed by atoms with van der Waals surface area (Å²) in [6.07, 6.45) is 6.05. The van der Waals surface area contributed by atoms with Crippen molar-refractivity contribution >= 4 is 12.0 Å². The molecule has 1 aromatic carbocycles. The summed E-state index contributed by atoms with van der Waals surface area (Å²) >= 11 is 0. The lowest BCUT2D eigenvalue weighted by Gasteiger charge is -2.24. The van der Waals surface area contributed by atoms with Gasteiger partial charge in [-0.05, 0) is 24.3 Å². The standard InChI is InChI=1S/C19H25NO3/c1-14(11-15-9-5-6-10-15)18(21)20-17(13-23-19(20)22)12-16-7-3-2-4-8-16/h2-4,7-8,14-15,17H,5-6,9-13H2,1H3/t14-,17-/m0/s1. The Bertz CT molecular complexity index is 551. The molecule has 0 N–H and O–H groups in total. The molecule has 0 aromatic heterocycles. The van der Waals surface area contributed by atoms with Crippen LogP contribution < -0.4 is 0 Å². The van der Waals surface area contributed by atoms with Crippen molar-refractivity contribution in [3.05, 3.63) is 35.9 Å². The molecule has 4 heteroatoms. The Hall–Kier alpha value is -1.84. The Balaban J connectivity index is 1.65. The first-order valence-electron chi connectivity index (χ1n) is 8.69. The van der Waals surface area contributed by atoms with E-state index in [0.717, 1.165) is 12.0 Å². The number of ether oxygens (including phenoxy) is 1. The van der Waals surface area contributed by atoms with E-state index in [-0.39, 0.29) is 17.9 Å². The van der Waals surface area contributed by atoms with Crippen molar-refractivity contribution in [3.8, 4) is 0 Å². The molecule has 1 saturated carbocycles. The zero-order valence-electron chi connectivity index (χ0n) is 13.7. The van der Waals surface area contributed by atoms with Crippen LogP contribution in [0.25, 0.3) is 0 Å². The van der Waals surface area contributed by atoms with E-state index in [0.29, 0.717) is 18.9 Å². The molecule has 124 valence electrons. The summed E-state index contributed by atoms with van der Waals surface area (Å²) < 4.78 is 5.16. The van der Waals surface area contributed by atoms with Crippen LogP contribution in [0.5, 0.6) is 0 Å². The third-order valence-corrected chi connectivity index (χ3v) is 5.10. The molecule has 1 aliphatic carbocycles. The van der Waals surface area contributed by atoms with Gasteiger partial charge < -0.3 is 4.74 Å². The fraction of sp³-hybridized carbons (Fsp3) is 0.579. The molecule has 0 bridgehead atoms. The number of carbonyl (C=O) groups excluding carboxylic acids is 2. The number of rotatable bonds is 5. The Labute approximate surface area is 137 Å². The second-order valence-electron chi connectivity index (χ2n) is 6.92. The van der Waals surface area contributed by atoms with E-state index in [9.17, 15) is 9.59 Å². The molecule has 1 aromatic rings. The third kappa shape index (κ3) is 3.74. The molecular formula is C19H25NO3. The van der Waals surface area contributed by atoms with Gasteiger partial charge >= 0.3 is 6.09 Å². The van der Waals surface area contributed by atoms with E-state index in [1.54, 1.807) is 0 Å². The van der Waals surface area contributed by atoms with Crippen LogP contribution in [0, 0.1) is 11.8 Å². The number of amides is 2. The van der Waals surface area contributed by atoms with Gasteiger partial charge in [0, 0.05) is 5.92 Å². The summed E-state index contributed by atoms with van der Waals surface area (Å²) in [6.45, 7) is 2.25. The smallest absolute Gasteiger partial charge is 0.416 e. The SMILES string of the molecule is C[C@@H](CC1CCCC1)C(=O)N1C(=O)OC[C@@H]1Cc1ccccc1. The summed E-state index contributed by atoms with van der Waals surface area (Å²) in [4.78, 5) is 26.2. The minimum Gasteiger partial charge on any atom is -0.447 e. The molecule has 1 saturated heterocycles. The molecule has 2 atom stereocenters. The molecule has 4 nitrogen and oxygen atoms in total. The summed E-state index contributed by atoms with van der Waals surface area (Å²) in [5.74, 6) is 0.461. The second-order valence-corrected chi connectivity index (χ2v) is 6.92. The molecule has 2 aliphatic rings. The van der Waals surface area contributed by atoms with Gasteiger partial charge in [0.2, 0.25) is 5.91 Å². The first-order valence-corrected chi connectivity index (χ1v) is 8.69. The molecule has 1 heterocycles. The molecule has 3 rings (SSSR count). The van der Waals surface area contributed by atoms with E-state index >= 15 is 0 Å².